The first-order valence-corrected chi connectivity index (χ1v) is 4.86. The normalized spacial score (nSPS) is 13.1. The summed E-state index contributed by atoms with van der Waals surface area (Å²) in [6, 6.07) is 2.42. The van der Waals surface area contributed by atoms with Crippen LogP contribution in [0.1, 0.15) is 18.0 Å². The highest BCUT2D eigenvalue weighted by Crippen LogP contribution is 2.29. The molecule has 1 nitrogen and oxygen atoms in total. The zero-order chi connectivity index (χ0) is 11.6. The quantitative estimate of drug-likeness (QED) is 0.819. The van der Waals surface area contributed by atoms with E-state index in [9.17, 15) is 17.6 Å². The molecule has 0 aromatic heterocycles. The number of hydrogen-bond donors (Lipinski definition) is 1. The zero-order valence-electron chi connectivity index (χ0n) is 7.89. The largest absolute Gasteiger partial charge is 0.390 e. The lowest BCUT2D eigenvalue weighted by Crippen LogP contribution is -2.21. The summed E-state index contributed by atoms with van der Waals surface area (Å²) in [5.41, 5.74) is 5.13. The van der Waals surface area contributed by atoms with E-state index in [0.29, 0.717) is 4.47 Å². The molecule has 0 saturated carbocycles. The van der Waals surface area contributed by atoms with Crippen LogP contribution in [0.4, 0.5) is 17.6 Å². The summed E-state index contributed by atoms with van der Waals surface area (Å²) < 4.78 is 49.6. The van der Waals surface area contributed by atoms with Gasteiger partial charge in [-0.3, -0.25) is 0 Å². The number of alkyl halides is 3. The van der Waals surface area contributed by atoms with E-state index in [1.54, 1.807) is 0 Å². The van der Waals surface area contributed by atoms with E-state index in [-0.39, 0.29) is 18.0 Å². The fourth-order valence-electron chi connectivity index (χ4n) is 1.16. The molecule has 0 saturated heterocycles. The molecule has 0 unspecified atom stereocenters. The summed E-state index contributed by atoms with van der Waals surface area (Å²) in [6.45, 7) is 0. The molecule has 0 aliphatic rings. The summed E-state index contributed by atoms with van der Waals surface area (Å²) in [4.78, 5) is 0. The van der Waals surface area contributed by atoms with Crippen LogP contribution in [0.15, 0.2) is 22.7 Å². The Bertz CT molecular complexity index is 356. The summed E-state index contributed by atoms with van der Waals surface area (Å²) >= 11 is 3.00. The van der Waals surface area contributed by atoms with E-state index in [0.717, 1.165) is 6.07 Å². The van der Waals surface area contributed by atoms with Gasteiger partial charge in [-0.1, -0.05) is 22.0 Å². The van der Waals surface area contributed by atoms with Crippen LogP contribution in [0.2, 0.25) is 0 Å². The Labute approximate surface area is 105 Å². The molecule has 1 rings (SSSR count). The van der Waals surface area contributed by atoms with Crippen molar-refractivity contribution in [1.82, 2.24) is 0 Å². The van der Waals surface area contributed by atoms with Crippen molar-refractivity contribution in [3.05, 3.63) is 34.1 Å². The van der Waals surface area contributed by atoms with Gasteiger partial charge in [-0.25, -0.2) is 4.39 Å². The number of nitrogens with two attached hydrogens (primary N) is 1. The van der Waals surface area contributed by atoms with Gasteiger partial charge >= 0.3 is 6.18 Å². The minimum absolute atomic E-state index is 0. The Morgan fingerprint density at radius 3 is 2.31 bits per heavy atom. The first-order valence-electron chi connectivity index (χ1n) is 4.07. The average molecular weight is 323 g/mol. The lowest BCUT2D eigenvalue weighted by atomic mass is 10.0. The molecule has 1 aromatic rings. The highest BCUT2D eigenvalue weighted by Gasteiger charge is 2.31. The monoisotopic (exact) mass is 321 g/mol. The highest BCUT2D eigenvalue weighted by molar-refractivity contribution is 9.10. The van der Waals surface area contributed by atoms with Crippen LogP contribution < -0.4 is 5.73 Å². The second-order valence-corrected chi connectivity index (χ2v) is 4.01. The van der Waals surface area contributed by atoms with E-state index in [1.807, 2.05) is 0 Å². The molecule has 0 spiro atoms. The second kappa shape index (κ2) is 5.84. The molecule has 1 atom stereocenters. The fraction of sp³-hybridized carbons (Fsp3) is 0.333. The first kappa shape index (κ1) is 15.7. The predicted molar refractivity (Wildman–Crippen MR) is 58.9 cm³/mol. The zero-order valence-corrected chi connectivity index (χ0v) is 10.3. The minimum atomic E-state index is -4.39. The molecule has 0 aliphatic carbocycles. The standard InChI is InChI=1S/C9H8BrF4N.ClH/c10-5-1-2-6(7(11)3-5)8(15)4-9(12,13)14;/h1-3,8H,4,15H2;1H/t8-;/m1./s1. The van der Waals surface area contributed by atoms with Crippen molar-refractivity contribution in [2.24, 2.45) is 5.73 Å². The van der Waals surface area contributed by atoms with Crippen LogP contribution >= 0.6 is 28.3 Å². The summed E-state index contributed by atoms with van der Waals surface area (Å²) in [5, 5.41) is 0. The number of hydrogen-bond acceptors (Lipinski definition) is 1. The van der Waals surface area contributed by atoms with E-state index >= 15 is 0 Å². The number of halogens is 6. The van der Waals surface area contributed by atoms with Crippen LogP contribution in [0.25, 0.3) is 0 Å². The van der Waals surface area contributed by atoms with Gasteiger partial charge in [0.1, 0.15) is 5.82 Å². The van der Waals surface area contributed by atoms with E-state index < -0.39 is 24.5 Å². The molecule has 0 fully saturated rings. The molecule has 0 bridgehead atoms. The van der Waals surface area contributed by atoms with Crippen LogP contribution in [0.5, 0.6) is 0 Å². The maximum absolute atomic E-state index is 13.2. The number of benzene rings is 1. The van der Waals surface area contributed by atoms with Gasteiger partial charge in [0.25, 0.3) is 0 Å². The van der Waals surface area contributed by atoms with Crippen molar-refractivity contribution in [2.45, 2.75) is 18.6 Å². The third-order valence-electron chi connectivity index (χ3n) is 1.81. The van der Waals surface area contributed by atoms with Crippen LogP contribution in [0.3, 0.4) is 0 Å². The van der Waals surface area contributed by atoms with Crippen LogP contribution in [-0.4, -0.2) is 6.18 Å². The fourth-order valence-corrected chi connectivity index (χ4v) is 1.49. The van der Waals surface area contributed by atoms with E-state index in [2.05, 4.69) is 15.9 Å². The van der Waals surface area contributed by atoms with Crippen molar-refractivity contribution in [3.63, 3.8) is 0 Å². The first-order chi connectivity index (χ1) is 6.79. The smallest absolute Gasteiger partial charge is 0.324 e. The Balaban J connectivity index is 0.00000225. The average Bonchev–Trinajstić information content (AvgIpc) is 1.99. The molecular formula is C9H9BrClF4N. The maximum atomic E-state index is 13.2. The van der Waals surface area contributed by atoms with Crippen molar-refractivity contribution < 1.29 is 17.6 Å². The molecule has 0 aliphatic heterocycles. The summed E-state index contributed by atoms with van der Waals surface area (Å²) in [6.07, 6.45) is -5.62. The Morgan fingerprint density at radius 2 is 1.88 bits per heavy atom. The molecule has 92 valence electrons. The van der Waals surface area contributed by atoms with Gasteiger partial charge in [-0.2, -0.15) is 13.2 Å². The Morgan fingerprint density at radius 1 is 1.31 bits per heavy atom. The van der Waals surface area contributed by atoms with Gasteiger partial charge in [-0.15, -0.1) is 12.4 Å². The topological polar surface area (TPSA) is 26.0 Å². The summed E-state index contributed by atoms with van der Waals surface area (Å²) in [5.74, 6) is -0.735. The van der Waals surface area contributed by atoms with Crippen molar-refractivity contribution in [1.29, 1.82) is 0 Å². The minimum Gasteiger partial charge on any atom is -0.324 e. The molecular weight excluding hydrogens is 313 g/mol. The molecule has 0 heterocycles. The van der Waals surface area contributed by atoms with Crippen molar-refractivity contribution in [2.75, 3.05) is 0 Å². The lowest BCUT2D eigenvalue weighted by Gasteiger charge is -2.15. The van der Waals surface area contributed by atoms with E-state index in [1.165, 1.54) is 12.1 Å². The van der Waals surface area contributed by atoms with Crippen LogP contribution in [-0.2, 0) is 0 Å². The lowest BCUT2D eigenvalue weighted by molar-refractivity contribution is -0.138. The molecule has 2 N–H and O–H groups in total. The molecule has 16 heavy (non-hydrogen) atoms. The maximum Gasteiger partial charge on any atom is 0.390 e. The SMILES string of the molecule is Cl.N[C@H](CC(F)(F)F)c1ccc(Br)cc1F. The van der Waals surface area contributed by atoms with Crippen molar-refractivity contribution >= 4 is 28.3 Å². The Hall–Kier alpha value is -0.330. The molecule has 0 amide bonds. The Kier molecular flexibility index (Phi) is 5.72. The van der Waals surface area contributed by atoms with Crippen LogP contribution in [0, 0.1) is 5.82 Å². The predicted octanol–water partition coefficient (Wildman–Crippen LogP) is 3.96. The summed E-state index contributed by atoms with van der Waals surface area (Å²) in [7, 11) is 0. The third-order valence-corrected chi connectivity index (χ3v) is 2.31. The third kappa shape index (κ3) is 4.67. The number of rotatable bonds is 2. The van der Waals surface area contributed by atoms with Gasteiger partial charge in [0.2, 0.25) is 0 Å². The second-order valence-electron chi connectivity index (χ2n) is 3.09. The van der Waals surface area contributed by atoms with Gasteiger partial charge in [0.15, 0.2) is 0 Å². The van der Waals surface area contributed by atoms with Gasteiger partial charge in [0, 0.05) is 16.1 Å². The van der Waals surface area contributed by atoms with Crippen molar-refractivity contribution in [3.8, 4) is 0 Å². The highest BCUT2D eigenvalue weighted by atomic mass is 79.9. The molecule has 1 aromatic carbocycles. The van der Waals surface area contributed by atoms with Gasteiger partial charge < -0.3 is 5.73 Å². The van der Waals surface area contributed by atoms with Gasteiger partial charge in [-0.05, 0) is 12.1 Å². The van der Waals surface area contributed by atoms with E-state index in [4.69, 9.17) is 5.73 Å². The van der Waals surface area contributed by atoms with Gasteiger partial charge in [0.05, 0.1) is 6.42 Å². The molecule has 7 heteroatoms. The molecule has 0 radical (unpaired) electrons.